The van der Waals surface area contributed by atoms with Crippen LogP contribution in [0, 0.1) is 5.92 Å². The van der Waals surface area contributed by atoms with Crippen LogP contribution in [-0.4, -0.2) is 25.0 Å². The van der Waals surface area contributed by atoms with E-state index >= 15 is 0 Å². The van der Waals surface area contributed by atoms with Gasteiger partial charge in [0.05, 0.1) is 23.2 Å². The van der Waals surface area contributed by atoms with Crippen molar-refractivity contribution < 1.29 is 26.7 Å². The first kappa shape index (κ1) is 14.3. The van der Waals surface area contributed by atoms with Crippen LogP contribution in [0.3, 0.4) is 0 Å². The molecule has 2 unspecified atom stereocenters. The summed E-state index contributed by atoms with van der Waals surface area (Å²) in [6.07, 6.45) is -5.38. The second kappa shape index (κ2) is 4.79. The van der Waals surface area contributed by atoms with Gasteiger partial charge < -0.3 is 5.11 Å². The Morgan fingerprint density at radius 2 is 2.00 bits per heavy atom. The minimum atomic E-state index is -4.47. The largest absolute Gasteiger partial charge is 0.416 e. The number of hydrogen-bond donors (Lipinski definition) is 1. The third-order valence-corrected chi connectivity index (χ3v) is 5.06. The molecule has 3 nitrogen and oxygen atoms in total. The van der Waals surface area contributed by atoms with Gasteiger partial charge in [0.15, 0.2) is 9.84 Å². The fourth-order valence-corrected chi connectivity index (χ4v) is 4.07. The molecule has 0 amide bonds. The molecule has 2 rings (SSSR count). The molecular formula is C12H13F3O3S. The molecule has 2 atom stereocenters. The van der Waals surface area contributed by atoms with Gasteiger partial charge in [-0.3, -0.25) is 0 Å². The number of aliphatic hydroxyl groups is 1. The van der Waals surface area contributed by atoms with Gasteiger partial charge in [-0.2, -0.15) is 13.2 Å². The third-order valence-electron chi connectivity index (χ3n) is 3.27. The predicted octanol–water partition coefficient (Wildman–Crippen LogP) is 2.17. The van der Waals surface area contributed by atoms with Crippen molar-refractivity contribution in [3.8, 4) is 0 Å². The van der Waals surface area contributed by atoms with E-state index in [1.165, 1.54) is 12.1 Å². The van der Waals surface area contributed by atoms with Crippen LogP contribution in [0.15, 0.2) is 24.3 Å². The van der Waals surface area contributed by atoms with E-state index < -0.39 is 33.6 Å². The number of aliphatic hydroxyl groups excluding tert-OH is 1. The van der Waals surface area contributed by atoms with E-state index in [4.69, 9.17) is 0 Å². The van der Waals surface area contributed by atoms with E-state index in [-0.39, 0.29) is 23.5 Å². The maximum atomic E-state index is 12.6. The first-order chi connectivity index (χ1) is 8.69. The molecule has 0 radical (unpaired) electrons. The highest BCUT2D eigenvalue weighted by Crippen LogP contribution is 2.35. The summed E-state index contributed by atoms with van der Waals surface area (Å²) >= 11 is 0. The van der Waals surface area contributed by atoms with Crippen molar-refractivity contribution >= 4 is 9.84 Å². The van der Waals surface area contributed by atoms with Crippen molar-refractivity contribution in [1.29, 1.82) is 0 Å². The number of halogens is 3. The van der Waals surface area contributed by atoms with Gasteiger partial charge >= 0.3 is 6.18 Å². The van der Waals surface area contributed by atoms with Crippen molar-refractivity contribution in [2.45, 2.75) is 18.7 Å². The SMILES string of the molecule is O=S1(=O)CCC(C(O)c2cccc(C(F)(F)F)c2)C1. The van der Waals surface area contributed by atoms with Crippen molar-refractivity contribution in [3.05, 3.63) is 35.4 Å². The van der Waals surface area contributed by atoms with Gasteiger partial charge in [-0.15, -0.1) is 0 Å². The van der Waals surface area contributed by atoms with Crippen LogP contribution in [0.2, 0.25) is 0 Å². The highest BCUT2D eigenvalue weighted by Gasteiger charge is 2.35. The Morgan fingerprint density at radius 3 is 2.53 bits per heavy atom. The summed E-state index contributed by atoms with van der Waals surface area (Å²) in [5, 5.41) is 10.0. The van der Waals surface area contributed by atoms with Crippen molar-refractivity contribution in [2.24, 2.45) is 5.92 Å². The Kier molecular flexibility index (Phi) is 3.61. The maximum Gasteiger partial charge on any atom is 0.416 e. The van der Waals surface area contributed by atoms with Crippen LogP contribution >= 0.6 is 0 Å². The molecule has 1 aromatic rings. The molecule has 7 heteroatoms. The lowest BCUT2D eigenvalue weighted by atomic mass is 9.94. The number of alkyl halides is 3. The Morgan fingerprint density at radius 1 is 1.32 bits per heavy atom. The van der Waals surface area contributed by atoms with Crippen molar-refractivity contribution in [3.63, 3.8) is 0 Å². The quantitative estimate of drug-likeness (QED) is 0.909. The van der Waals surface area contributed by atoms with Crippen molar-refractivity contribution in [1.82, 2.24) is 0 Å². The molecule has 1 aliphatic rings. The van der Waals surface area contributed by atoms with Gasteiger partial charge in [0, 0.05) is 5.92 Å². The van der Waals surface area contributed by atoms with Crippen molar-refractivity contribution in [2.75, 3.05) is 11.5 Å². The van der Waals surface area contributed by atoms with E-state index in [1.54, 1.807) is 0 Å². The number of rotatable bonds is 2. The minimum absolute atomic E-state index is 0.0202. The molecule has 1 fully saturated rings. The standard InChI is InChI=1S/C12H13F3O3S/c13-12(14,15)10-3-1-2-8(6-10)11(16)9-4-5-19(17,18)7-9/h1-3,6,9,11,16H,4-5,7H2. The molecule has 1 aromatic carbocycles. The van der Waals surface area contributed by atoms with Gasteiger partial charge in [0.1, 0.15) is 0 Å². The van der Waals surface area contributed by atoms with E-state index in [2.05, 4.69) is 0 Å². The van der Waals surface area contributed by atoms with Crippen LogP contribution < -0.4 is 0 Å². The summed E-state index contributed by atoms with van der Waals surface area (Å²) in [6.45, 7) is 0. The van der Waals surface area contributed by atoms with Gasteiger partial charge in [-0.1, -0.05) is 12.1 Å². The van der Waals surface area contributed by atoms with Crippen LogP contribution in [0.25, 0.3) is 0 Å². The highest BCUT2D eigenvalue weighted by molar-refractivity contribution is 7.91. The first-order valence-corrected chi connectivity index (χ1v) is 7.57. The maximum absolute atomic E-state index is 12.6. The van der Waals surface area contributed by atoms with E-state index in [0.717, 1.165) is 12.1 Å². The summed E-state index contributed by atoms with van der Waals surface area (Å²) in [5.74, 6) is -0.730. The fourth-order valence-electron chi connectivity index (χ4n) is 2.24. The number of benzene rings is 1. The van der Waals surface area contributed by atoms with E-state index in [0.29, 0.717) is 0 Å². The zero-order valence-corrected chi connectivity index (χ0v) is 10.7. The molecular weight excluding hydrogens is 281 g/mol. The molecule has 1 heterocycles. The highest BCUT2D eigenvalue weighted by atomic mass is 32.2. The second-order valence-electron chi connectivity index (χ2n) is 4.73. The molecule has 1 saturated heterocycles. The third kappa shape index (κ3) is 3.27. The average molecular weight is 294 g/mol. The van der Waals surface area contributed by atoms with Gasteiger partial charge in [0.25, 0.3) is 0 Å². The average Bonchev–Trinajstić information content (AvgIpc) is 2.68. The van der Waals surface area contributed by atoms with Crippen LogP contribution in [-0.2, 0) is 16.0 Å². The Labute approximate surface area is 109 Å². The molecule has 106 valence electrons. The molecule has 0 aromatic heterocycles. The minimum Gasteiger partial charge on any atom is -0.388 e. The van der Waals surface area contributed by atoms with Gasteiger partial charge in [0.2, 0.25) is 0 Å². The molecule has 0 spiro atoms. The summed E-state index contributed by atoms with van der Waals surface area (Å²) in [7, 11) is -3.17. The summed E-state index contributed by atoms with van der Waals surface area (Å²) < 4.78 is 60.3. The lowest BCUT2D eigenvalue weighted by Crippen LogP contribution is -2.15. The van der Waals surface area contributed by atoms with Gasteiger partial charge in [-0.05, 0) is 24.1 Å². The van der Waals surface area contributed by atoms with Crippen LogP contribution in [0.4, 0.5) is 13.2 Å². The molecule has 19 heavy (non-hydrogen) atoms. The summed E-state index contributed by atoms with van der Waals surface area (Å²) in [6, 6.07) is 4.38. The molecule has 1 aliphatic heterocycles. The molecule has 1 N–H and O–H groups in total. The topological polar surface area (TPSA) is 54.4 Å². The van der Waals surface area contributed by atoms with Crippen LogP contribution in [0.5, 0.6) is 0 Å². The summed E-state index contributed by atoms with van der Waals surface area (Å²) in [5.41, 5.74) is -0.734. The Bertz CT molecular complexity index is 566. The van der Waals surface area contributed by atoms with Gasteiger partial charge in [-0.25, -0.2) is 8.42 Å². The first-order valence-electron chi connectivity index (χ1n) is 5.75. The Balaban J connectivity index is 2.23. The fraction of sp³-hybridized carbons (Fsp3) is 0.500. The molecule has 0 bridgehead atoms. The smallest absolute Gasteiger partial charge is 0.388 e. The number of hydrogen-bond acceptors (Lipinski definition) is 3. The lowest BCUT2D eigenvalue weighted by Gasteiger charge is -2.18. The molecule has 0 aliphatic carbocycles. The zero-order valence-electron chi connectivity index (χ0n) is 9.89. The second-order valence-corrected chi connectivity index (χ2v) is 6.96. The normalized spacial score (nSPS) is 24.3. The van der Waals surface area contributed by atoms with E-state index in [9.17, 15) is 26.7 Å². The molecule has 0 saturated carbocycles. The monoisotopic (exact) mass is 294 g/mol. The van der Waals surface area contributed by atoms with Crippen LogP contribution in [0.1, 0.15) is 23.7 Å². The predicted molar refractivity (Wildman–Crippen MR) is 63.2 cm³/mol. The number of sulfone groups is 1. The van der Waals surface area contributed by atoms with E-state index in [1.807, 2.05) is 0 Å². The lowest BCUT2D eigenvalue weighted by molar-refractivity contribution is -0.137. The zero-order chi connectivity index (χ0) is 14.3. The summed E-state index contributed by atoms with van der Waals surface area (Å²) in [4.78, 5) is 0. The Hall–Kier alpha value is -1.08.